The highest BCUT2D eigenvalue weighted by molar-refractivity contribution is 4.80. The molecule has 0 fully saturated rings. The quantitative estimate of drug-likeness (QED) is 0.510. The van der Waals surface area contributed by atoms with Gasteiger partial charge in [-0.2, -0.15) is 0 Å². The van der Waals surface area contributed by atoms with Crippen LogP contribution < -0.4 is 0 Å². The van der Waals surface area contributed by atoms with Crippen LogP contribution in [-0.4, -0.2) is 0 Å². The minimum Gasteiger partial charge on any atom is -0.0654 e. The van der Waals surface area contributed by atoms with E-state index in [0.29, 0.717) is 10.8 Å². The molecule has 0 aliphatic heterocycles. The van der Waals surface area contributed by atoms with E-state index in [1.54, 1.807) is 0 Å². The van der Waals surface area contributed by atoms with Gasteiger partial charge in [-0.15, -0.1) is 0 Å². The maximum Gasteiger partial charge on any atom is -0.0347 e. The fourth-order valence-corrected chi connectivity index (χ4v) is 3.22. The summed E-state index contributed by atoms with van der Waals surface area (Å²) in [6, 6.07) is 0. The highest BCUT2D eigenvalue weighted by Crippen LogP contribution is 2.40. The summed E-state index contributed by atoms with van der Waals surface area (Å²) >= 11 is 0. The van der Waals surface area contributed by atoms with Crippen molar-refractivity contribution in [3.05, 3.63) is 0 Å². The summed E-state index contributed by atoms with van der Waals surface area (Å²) in [6.45, 7) is 16.7. The first kappa shape index (κ1) is 15.0. The van der Waals surface area contributed by atoms with Crippen LogP contribution in [0.15, 0.2) is 0 Å². The second-order valence-electron chi connectivity index (χ2n) is 7.21. The molecule has 0 nitrogen and oxygen atoms in total. The lowest BCUT2D eigenvalue weighted by Gasteiger charge is -2.36. The molecule has 0 unspecified atom stereocenters. The zero-order valence-electron chi connectivity index (χ0n) is 12.1. The SMILES string of the molecule is CCCCC(C)(C)CC(C)(C)CC(C)C. The molecule has 0 amide bonds. The van der Waals surface area contributed by atoms with Gasteiger partial charge in [-0.3, -0.25) is 0 Å². The first-order chi connectivity index (χ1) is 6.68. The molecule has 0 atom stereocenters. The second-order valence-corrected chi connectivity index (χ2v) is 7.21. The fraction of sp³-hybridized carbons (Fsp3) is 1.00. The molecule has 0 rings (SSSR count). The largest absolute Gasteiger partial charge is 0.0654 e. The highest BCUT2D eigenvalue weighted by atomic mass is 14.3. The van der Waals surface area contributed by atoms with Crippen LogP contribution in [0.3, 0.4) is 0 Å². The Bertz CT molecular complexity index is 163. The standard InChI is InChI=1S/C15H32/c1-8-9-10-14(4,5)12-15(6,7)11-13(2)3/h13H,8-12H2,1-7H3. The van der Waals surface area contributed by atoms with Crippen LogP contribution in [0.4, 0.5) is 0 Å². The zero-order chi connectivity index (χ0) is 12.1. The van der Waals surface area contributed by atoms with Gasteiger partial charge in [0.15, 0.2) is 0 Å². The molecule has 0 saturated heterocycles. The first-order valence-electron chi connectivity index (χ1n) is 6.68. The number of hydrogen-bond acceptors (Lipinski definition) is 0. The topological polar surface area (TPSA) is 0 Å². The first-order valence-corrected chi connectivity index (χ1v) is 6.68. The maximum absolute atomic E-state index is 2.44. The molecule has 0 heteroatoms. The van der Waals surface area contributed by atoms with E-state index in [9.17, 15) is 0 Å². The van der Waals surface area contributed by atoms with E-state index in [1.807, 2.05) is 0 Å². The van der Waals surface area contributed by atoms with Crippen LogP contribution in [0.5, 0.6) is 0 Å². The minimum absolute atomic E-state index is 0.505. The molecule has 0 aliphatic rings. The summed E-state index contributed by atoms with van der Waals surface area (Å²) in [5.41, 5.74) is 1.03. The van der Waals surface area contributed by atoms with Gasteiger partial charge in [-0.25, -0.2) is 0 Å². The summed E-state index contributed by atoms with van der Waals surface area (Å²) in [7, 11) is 0. The minimum atomic E-state index is 0.505. The van der Waals surface area contributed by atoms with E-state index in [0.717, 1.165) is 5.92 Å². The summed E-state index contributed by atoms with van der Waals surface area (Å²) in [5, 5.41) is 0. The summed E-state index contributed by atoms with van der Waals surface area (Å²) < 4.78 is 0. The van der Waals surface area contributed by atoms with Gasteiger partial charge < -0.3 is 0 Å². The van der Waals surface area contributed by atoms with Gasteiger partial charge in [0, 0.05) is 0 Å². The lowest BCUT2D eigenvalue weighted by Crippen LogP contribution is -2.24. The Morgan fingerprint density at radius 1 is 0.933 bits per heavy atom. The number of hydrogen-bond donors (Lipinski definition) is 0. The molecule has 0 N–H and O–H groups in total. The molecule has 0 aromatic heterocycles. The van der Waals surface area contributed by atoms with E-state index in [4.69, 9.17) is 0 Å². The Morgan fingerprint density at radius 3 is 1.87 bits per heavy atom. The van der Waals surface area contributed by atoms with Gasteiger partial charge in [0.05, 0.1) is 0 Å². The van der Waals surface area contributed by atoms with Gasteiger partial charge in [0.2, 0.25) is 0 Å². The van der Waals surface area contributed by atoms with Gasteiger partial charge >= 0.3 is 0 Å². The molecule has 92 valence electrons. The van der Waals surface area contributed by atoms with Crippen molar-refractivity contribution in [1.29, 1.82) is 0 Å². The van der Waals surface area contributed by atoms with Crippen LogP contribution >= 0.6 is 0 Å². The predicted octanol–water partition coefficient (Wildman–Crippen LogP) is 5.67. The van der Waals surface area contributed by atoms with E-state index in [-0.39, 0.29) is 0 Å². The Hall–Kier alpha value is 0. The molecule has 0 heterocycles. The van der Waals surface area contributed by atoms with E-state index in [2.05, 4.69) is 48.5 Å². The molecule has 15 heavy (non-hydrogen) atoms. The van der Waals surface area contributed by atoms with E-state index in [1.165, 1.54) is 32.1 Å². The molecule has 0 aromatic rings. The lowest BCUT2D eigenvalue weighted by atomic mass is 9.70. The van der Waals surface area contributed by atoms with Crippen LogP contribution in [0.1, 0.15) is 80.6 Å². The van der Waals surface area contributed by atoms with Crippen LogP contribution in [0.2, 0.25) is 0 Å². The molecule has 0 radical (unpaired) electrons. The smallest absolute Gasteiger partial charge is 0.0347 e. The van der Waals surface area contributed by atoms with Gasteiger partial charge in [0.25, 0.3) is 0 Å². The second kappa shape index (κ2) is 5.92. The Kier molecular flexibility index (Phi) is 5.92. The summed E-state index contributed by atoms with van der Waals surface area (Å²) in [4.78, 5) is 0. The highest BCUT2D eigenvalue weighted by Gasteiger charge is 2.28. The van der Waals surface area contributed by atoms with Crippen molar-refractivity contribution in [2.75, 3.05) is 0 Å². The van der Waals surface area contributed by atoms with Gasteiger partial charge in [-0.1, -0.05) is 61.3 Å². The monoisotopic (exact) mass is 212 g/mol. The Morgan fingerprint density at radius 2 is 1.47 bits per heavy atom. The third kappa shape index (κ3) is 7.88. The molecular formula is C15H32. The van der Waals surface area contributed by atoms with E-state index >= 15 is 0 Å². The predicted molar refractivity (Wildman–Crippen MR) is 71.2 cm³/mol. The average molecular weight is 212 g/mol. The molecule has 0 bridgehead atoms. The number of rotatable bonds is 7. The van der Waals surface area contributed by atoms with Crippen LogP contribution in [0.25, 0.3) is 0 Å². The van der Waals surface area contributed by atoms with Crippen LogP contribution in [0, 0.1) is 16.7 Å². The molecule has 0 spiro atoms. The van der Waals surface area contributed by atoms with Crippen molar-refractivity contribution >= 4 is 0 Å². The maximum atomic E-state index is 2.44. The van der Waals surface area contributed by atoms with Crippen molar-refractivity contribution in [3.63, 3.8) is 0 Å². The number of unbranched alkanes of at least 4 members (excludes halogenated alkanes) is 1. The lowest BCUT2D eigenvalue weighted by molar-refractivity contribution is 0.153. The summed E-state index contributed by atoms with van der Waals surface area (Å²) in [6.07, 6.45) is 6.80. The molecular weight excluding hydrogens is 180 g/mol. The Labute approximate surface area is 97.8 Å². The zero-order valence-corrected chi connectivity index (χ0v) is 12.1. The van der Waals surface area contributed by atoms with Crippen molar-refractivity contribution in [2.45, 2.75) is 80.6 Å². The van der Waals surface area contributed by atoms with Crippen molar-refractivity contribution in [3.8, 4) is 0 Å². The van der Waals surface area contributed by atoms with Crippen molar-refractivity contribution < 1.29 is 0 Å². The van der Waals surface area contributed by atoms with Crippen molar-refractivity contribution in [2.24, 2.45) is 16.7 Å². The van der Waals surface area contributed by atoms with Crippen LogP contribution in [-0.2, 0) is 0 Å². The van der Waals surface area contributed by atoms with Gasteiger partial charge in [-0.05, 0) is 36.0 Å². The third-order valence-corrected chi connectivity index (χ3v) is 3.13. The third-order valence-electron chi connectivity index (χ3n) is 3.13. The fourth-order valence-electron chi connectivity index (χ4n) is 3.22. The van der Waals surface area contributed by atoms with Crippen molar-refractivity contribution in [1.82, 2.24) is 0 Å². The van der Waals surface area contributed by atoms with Gasteiger partial charge in [0.1, 0.15) is 0 Å². The normalized spacial score (nSPS) is 13.6. The summed E-state index contributed by atoms with van der Waals surface area (Å²) in [5.74, 6) is 0.821. The average Bonchev–Trinajstić information content (AvgIpc) is 1.95. The molecule has 0 aliphatic carbocycles. The molecule has 0 aromatic carbocycles. The van der Waals surface area contributed by atoms with E-state index < -0.39 is 0 Å². The Balaban J connectivity index is 4.16. The molecule has 0 saturated carbocycles.